The lowest BCUT2D eigenvalue weighted by Crippen LogP contribution is -2.38. The standard InChI is InChI=1S/C13H17BrFNO2/c1-13(2,3)18-12(17)11(16)7-8-4-5-10(15)9(14)6-8/h4-6,11H,7,16H2,1-3H3/t11-/m0/s1. The van der Waals surface area contributed by atoms with E-state index in [0.29, 0.717) is 10.9 Å². The maximum Gasteiger partial charge on any atom is 0.323 e. The zero-order valence-corrected chi connectivity index (χ0v) is 12.3. The first kappa shape index (κ1) is 15.1. The van der Waals surface area contributed by atoms with Gasteiger partial charge in [0, 0.05) is 0 Å². The molecule has 2 N–H and O–H groups in total. The third-order valence-corrected chi connectivity index (χ3v) is 2.76. The second-order valence-corrected chi connectivity index (χ2v) is 5.95. The van der Waals surface area contributed by atoms with Gasteiger partial charge in [-0.05, 0) is 60.8 Å². The molecule has 0 heterocycles. The van der Waals surface area contributed by atoms with E-state index in [1.807, 2.05) is 0 Å². The Kier molecular flexibility index (Phi) is 4.87. The van der Waals surface area contributed by atoms with Gasteiger partial charge in [0.05, 0.1) is 4.47 Å². The molecule has 5 heteroatoms. The smallest absolute Gasteiger partial charge is 0.323 e. The molecule has 0 radical (unpaired) electrons. The number of ether oxygens (including phenoxy) is 1. The molecule has 0 unspecified atom stereocenters. The number of esters is 1. The van der Waals surface area contributed by atoms with Crippen LogP contribution in [0.5, 0.6) is 0 Å². The molecule has 1 atom stereocenters. The molecule has 0 saturated carbocycles. The van der Waals surface area contributed by atoms with Crippen LogP contribution in [0.2, 0.25) is 0 Å². The number of hydrogen-bond donors (Lipinski definition) is 1. The Morgan fingerprint density at radius 1 is 1.50 bits per heavy atom. The van der Waals surface area contributed by atoms with Crippen molar-refractivity contribution in [3.05, 3.63) is 34.1 Å². The predicted octanol–water partition coefficient (Wildman–Crippen LogP) is 2.80. The van der Waals surface area contributed by atoms with Crippen LogP contribution in [0.25, 0.3) is 0 Å². The summed E-state index contributed by atoms with van der Waals surface area (Å²) < 4.78 is 18.6. The molecule has 0 saturated heterocycles. The quantitative estimate of drug-likeness (QED) is 0.872. The van der Waals surface area contributed by atoms with Crippen LogP contribution in [0, 0.1) is 5.82 Å². The van der Waals surface area contributed by atoms with E-state index in [0.717, 1.165) is 5.56 Å². The number of nitrogens with two attached hydrogens (primary N) is 1. The molecule has 0 amide bonds. The molecule has 3 nitrogen and oxygen atoms in total. The second-order valence-electron chi connectivity index (χ2n) is 5.09. The van der Waals surface area contributed by atoms with Crippen LogP contribution in [0.3, 0.4) is 0 Å². The van der Waals surface area contributed by atoms with Crippen molar-refractivity contribution in [2.24, 2.45) is 5.73 Å². The summed E-state index contributed by atoms with van der Waals surface area (Å²) in [6.07, 6.45) is 0.313. The van der Waals surface area contributed by atoms with Crippen LogP contribution in [0.1, 0.15) is 26.3 Å². The summed E-state index contributed by atoms with van der Waals surface area (Å²) in [4.78, 5) is 11.7. The SMILES string of the molecule is CC(C)(C)OC(=O)[C@@H](N)Cc1ccc(F)c(Br)c1. The van der Waals surface area contributed by atoms with Gasteiger partial charge in [0.15, 0.2) is 0 Å². The van der Waals surface area contributed by atoms with E-state index < -0.39 is 17.6 Å². The van der Waals surface area contributed by atoms with Gasteiger partial charge in [-0.2, -0.15) is 0 Å². The fourth-order valence-electron chi connectivity index (χ4n) is 1.38. The van der Waals surface area contributed by atoms with Gasteiger partial charge in [-0.1, -0.05) is 6.07 Å². The molecule has 0 aliphatic heterocycles. The second kappa shape index (κ2) is 5.80. The largest absolute Gasteiger partial charge is 0.459 e. The van der Waals surface area contributed by atoms with Gasteiger partial charge in [0.25, 0.3) is 0 Å². The number of halogens is 2. The van der Waals surface area contributed by atoms with Gasteiger partial charge in [-0.25, -0.2) is 4.39 Å². The molecule has 1 aromatic rings. The van der Waals surface area contributed by atoms with Crippen molar-refractivity contribution in [2.75, 3.05) is 0 Å². The fraction of sp³-hybridized carbons (Fsp3) is 0.462. The molecule has 1 rings (SSSR count). The minimum atomic E-state index is -0.749. The van der Waals surface area contributed by atoms with Gasteiger partial charge in [-0.3, -0.25) is 4.79 Å². The molecule has 100 valence electrons. The molecule has 0 aliphatic carbocycles. The first-order valence-electron chi connectivity index (χ1n) is 5.61. The molecular formula is C13H17BrFNO2. The van der Waals surface area contributed by atoms with Crippen LogP contribution in [0.4, 0.5) is 4.39 Å². The van der Waals surface area contributed by atoms with Gasteiger partial charge in [0.2, 0.25) is 0 Å². The van der Waals surface area contributed by atoms with Gasteiger partial charge in [0.1, 0.15) is 17.5 Å². The Bertz CT molecular complexity index is 443. The highest BCUT2D eigenvalue weighted by Crippen LogP contribution is 2.18. The third kappa shape index (κ3) is 4.74. The minimum absolute atomic E-state index is 0.313. The van der Waals surface area contributed by atoms with Crippen LogP contribution >= 0.6 is 15.9 Å². The van der Waals surface area contributed by atoms with Gasteiger partial charge in [-0.15, -0.1) is 0 Å². The highest BCUT2D eigenvalue weighted by atomic mass is 79.9. The van der Waals surface area contributed by atoms with Gasteiger partial charge >= 0.3 is 5.97 Å². The average Bonchev–Trinajstić information content (AvgIpc) is 2.21. The van der Waals surface area contributed by atoms with E-state index in [1.165, 1.54) is 6.07 Å². The molecular weight excluding hydrogens is 301 g/mol. The first-order chi connectivity index (χ1) is 8.19. The van der Waals surface area contributed by atoms with E-state index in [2.05, 4.69) is 15.9 Å². The maximum atomic E-state index is 13.0. The van der Waals surface area contributed by atoms with Crippen molar-refractivity contribution in [1.82, 2.24) is 0 Å². The lowest BCUT2D eigenvalue weighted by Gasteiger charge is -2.22. The van der Waals surface area contributed by atoms with E-state index in [9.17, 15) is 9.18 Å². The van der Waals surface area contributed by atoms with E-state index >= 15 is 0 Å². The summed E-state index contributed by atoms with van der Waals surface area (Å²) in [6, 6.07) is 3.80. The molecule has 0 bridgehead atoms. The highest BCUT2D eigenvalue weighted by molar-refractivity contribution is 9.10. The van der Waals surface area contributed by atoms with Crippen molar-refractivity contribution in [3.63, 3.8) is 0 Å². The Morgan fingerprint density at radius 2 is 2.11 bits per heavy atom. The summed E-state index contributed by atoms with van der Waals surface area (Å²) >= 11 is 3.09. The minimum Gasteiger partial charge on any atom is -0.459 e. The van der Waals surface area contributed by atoms with Crippen molar-refractivity contribution < 1.29 is 13.9 Å². The summed E-state index contributed by atoms with van der Waals surface area (Å²) in [5, 5.41) is 0. The van der Waals surface area contributed by atoms with Crippen LogP contribution in [-0.2, 0) is 16.0 Å². The van der Waals surface area contributed by atoms with Crippen molar-refractivity contribution in [3.8, 4) is 0 Å². The predicted molar refractivity (Wildman–Crippen MR) is 71.6 cm³/mol. The van der Waals surface area contributed by atoms with Gasteiger partial charge < -0.3 is 10.5 Å². The number of carbonyl (C=O) groups is 1. The zero-order chi connectivity index (χ0) is 13.9. The summed E-state index contributed by atoms with van der Waals surface area (Å²) in [5.41, 5.74) is 5.98. The number of rotatable bonds is 3. The monoisotopic (exact) mass is 317 g/mol. The Balaban J connectivity index is 2.66. The summed E-state index contributed by atoms with van der Waals surface area (Å²) in [6.45, 7) is 5.35. The Hall–Kier alpha value is -0.940. The number of hydrogen-bond acceptors (Lipinski definition) is 3. The number of carbonyl (C=O) groups excluding carboxylic acids is 1. The lowest BCUT2D eigenvalue weighted by atomic mass is 10.1. The lowest BCUT2D eigenvalue weighted by molar-refractivity contribution is -0.156. The van der Waals surface area contributed by atoms with Crippen molar-refractivity contribution in [2.45, 2.75) is 38.8 Å². The fourth-order valence-corrected chi connectivity index (χ4v) is 1.81. The Morgan fingerprint density at radius 3 is 2.61 bits per heavy atom. The molecule has 1 aromatic carbocycles. The van der Waals surface area contributed by atoms with E-state index in [4.69, 9.17) is 10.5 Å². The Labute approximate surface area is 115 Å². The van der Waals surface area contributed by atoms with Crippen LogP contribution in [-0.4, -0.2) is 17.6 Å². The highest BCUT2D eigenvalue weighted by Gasteiger charge is 2.22. The third-order valence-electron chi connectivity index (χ3n) is 2.15. The van der Waals surface area contributed by atoms with Crippen LogP contribution in [0.15, 0.2) is 22.7 Å². The molecule has 0 spiro atoms. The normalized spacial score (nSPS) is 13.2. The number of benzene rings is 1. The van der Waals surface area contributed by atoms with Crippen molar-refractivity contribution in [1.29, 1.82) is 0 Å². The van der Waals surface area contributed by atoms with E-state index in [1.54, 1.807) is 32.9 Å². The maximum absolute atomic E-state index is 13.0. The molecule has 18 heavy (non-hydrogen) atoms. The van der Waals surface area contributed by atoms with E-state index in [-0.39, 0.29) is 5.82 Å². The molecule has 0 aliphatic rings. The van der Waals surface area contributed by atoms with Crippen LogP contribution < -0.4 is 5.73 Å². The first-order valence-corrected chi connectivity index (χ1v) is 6.41. The summed E-state index contributed by atoms with van der Waals surface area (Å²) in [7, 11) is 0. The van der Waals surface area contributed by atoms with Crippen molar-refractivity contribution >= 4 is 21.9 Å². The molecule has 0 aromatic heterocycles. The molecule has 0 fully saturated rings. The topological polar surface area (TPSA) is 52.3 Å². The zero-order valence-electron chi connectivity index (χ0n) is 10.7. The average molecular weight is 318 g/mol. The summed E-state index contributed by atoms with van der Waals surface area (Å²) in [5.74, 6) is -0.799.